The maximum Gasteiger partial charge on any atom is 0.202 e. The number of hydrogen-bond donors (Lipinski definition) is 0. The number of hydrogen-bond acceptors (Lipinski definition) is 2. The highest BCUT2D eigenvalue weighted by molar-refractivity contribution is 6.31. The molecule has 2 rings (SSSR count). The molecule has 0 fully saturated rings. The smallest absolute Gasteiger partial charge is 0.202 e. The molecule has 0 spiro atoms. The van der Waals surface area contributed by atoms with Gasteiger partial charge < -0.3 is 4.74 Å². The van der Waals surface area contributed by atoms with Crippen molar-refractivity contribution in [2.75, 3.05) is 0 Å². The van der Waals surface area contributed by atoms with Crippen LogP contribution in [0.2, 0.25) is 10.0 Å². The van der Waals surface area contributed by atoms with Crippen molar-refractivity contribution in [3.05, 3.63) is 63.6 Å². The van der Waals surface area contributed by atoms with Gasteiger partial charge in [-0.1, -0.05) is 29.3 Å². The Morgan fingerprint density at radius 3 is 2.30 bits per heavy atom. The molecule has 0 heterocycles. The highest BCUT2D eigenvalue weighted by atomic mass is 35.5. The Bertz CT molecular complexity index is 621. The fourth-order valence-electron chi connectivity index (χ4n) is 1.79. The number of ketones is 1. The normalized spacial score (nSPS) is 12.0. The van der Waals surface area contributed by atoms with Crippen LogP contribution in [0, 0.1) is 6.92 Å². The van der Waals surface area contributed by atoms with Crippen LogP contribution in [0.25, 0.3) is 0 Å². The van der Waals surface area contributed by atoms with Gasteiger partial charge in [-0.25, -0.2) is 0 Å². The zero-order chi connectivity index (χ0) is 14.7. The Hall–Kier alpha value is -1.51. The van der Waals surface area contributed by atoms with Crippen molar-refractivity contribution in [3.8, 4) is 5.75 Å². The molecule has 2 aromatic carbocycles. The topological polar surface area (TPSA) is 26.3 Å². The van der Waals surface area contributed by atoms with Gasteiger partial charge in [-0.2, -0.15) is 0 Å². The third kappa shape index (κ3) is 3.53. The molecular formula is C16H14Cl2O2. The summed E-state index contributed by atoms with van der Waals surface area (Å²) in [7, 11) is 0. The Labute approximate surface area is 128 Å². The quantitative estimate of drug-likeness (QED) is 0.747. The summed E-state index contributed by atoms with van der Waals surface area (Å²) >= 11 is 11.7. The van der Waals surface area contributed by atoms with Gasteiger partial charge in [0.25, 0.3) is 0 Å². The second kappa shape index (κ2) is 6.29. The van der Waals surface area contributed by atoms with Crippen LogP contribution >= 0.6 is 23.2 Å². The highest BCUT2D eigenvalue weighted by Crippen LogP contribution is 2.24. The van der Waals surface area contributed by atoms with E-state index in [1.165, 1.54) is 0 Å². The lowest BCUT2D eigenvalue weighted by Gasteiger charge is -2.15. The van der Waals surface area contributed by atoms with E-state index in [4.69, 9.17) is 27.9 Å². The molecule has 0 aliphatic heterocycles. The van der Waals surface area contributed by atoms with Crippen molar-refractivity contribution < 1.29 is 9.53 Å². The fraction of sp³-hybridized carbons (Fsp3) is 0.188. The highest BCUT2D eigenvalue weighted by Gasteiger charge is 2.17. The zero-order valence-electron chi connectivity index (χ0n) is 11.2. The lowest BCUT2D eigenvalue weighted by molar-refractivity contribution is 0.0817. The predicted octanol–water partition coefficient (Wildman–Crippen LogP) is 4.95. The van der Waals surface area contributed by atoms with Gasteiger partial charge in [-0.05, 0) is 55.8 Å². The molecule has 0 amide bonds. The van der Waals surface area contributed by atoms with Crippen LogP contribution in [0.4, 0.5) is 0 Å². The van der Waals surface area contributed by atoms with Crippen molar-refractivity contribution >= 4 is 29.0 Å². The molecule has 104 valence electrons. The minimum absolute atomic E-state index is 0.0963. The van der Waals surface area contributed by atoms with E-state index in [0.29, 0.717) is 21.4 Å². The third-order valence-corrected chi connectivity index (χ3v) is 3.44. The zero-order valence-corrected chi connectivity index (χ0v) is 12.7. The van der Waals surface area contributed by atoms with Gasteiger partial charge in [0.2, 0.25) is 5.78 Å². The van der Waals surface area contributed by atoms with Gasteiger partial charge in [0, 0.05) is 15.6 Å². The molecule has 2 nitrogen and oxygen atoms in total. The minimum atomic E-state index is -0.589. The molecule has 0 N–H and O–H groups in total. The van der Waals surface area contributed by atoms with Crippen LogP contribution in [0.15, 0.2) is 42.5 Å². The molecule has 0 bridgehead atoms. The predicted molar refractivity (Wildman–Crippen MR) is 82.1 cm³/mol. The summed E-state index contributed by atoms with van der Waals surface area (Å²) in [6, 6.07) is 12.1. The summed E-state index contributed by atoms with van der Waals surface area (Å²) in [4.78, 5) is 12.3. The molecule has 2 aromatic rings. The Morgan fingerprint density at radius 1 is 1.05 bits per heavy atom. The summed E-state index contributed by atoms with van der Waals surface area (Å²) in [5, 5.41) is 1.18. The first-order valence-electron chi connectivity index (χ1n) is 6.20. The molecule has 1 atom stereocenters. The van der Waals surface area contributed by atoms with E-state index < -0.39 is 6.10 Å². The second-order valence-electron chi connectivity index (χ2n) is 4.54. The van der Waals surface area contributed by atoms with Crippen molar-refractivity contribution in [3.63, 3.8) is 0 Å². The van der Waals surface area contributed by atoms with Crippen LogP contribution in [-0.4, -0.2) is 11.9 Å². The molecule has 20 heavy (non-hydrogen) atoms. The van der Waals surface area contributed by atoms with E-state index in [2.05, 4.69) is 0 Å². The maximum absolute atomic E-state index is 12.3. The standard InChI is InChI=1S/C16H14Cl2O2/c1-10-3-6-14(18)9-15(10)20-11(2)16(19)12-4-7-13(17)8-5-12/h3-9,11H,1-2H3. The second-order valence-corrected chi connectivity index (χ2v) is 5.41. The average molecular weight is 309 g/mol. The number of ether oxygens (including phenoxy) is 1. The molecule has 0 aromatic heterocycles. The molecule has 1 unspecified atom stereocenters. The van der Waals surface area contributed by atoms with Gasteiger partial charge in [-0.15, -0.1) is 0 Å². The largest absolute Gasteiger partial charge is 0.482 e. The summed E-state index contributed by atoms with van der Waals surface area (Å²) in [6.45, 7) is 3.63. The maximum atomic E-state index is 12.3. The number of carbonyl (C=O) groups excluding carboxylic acids is 1. The van der Waals surface area contributed by atoms with Gasteiger partial charge in [0.05, 0.1) is 0 Å². The van der Waals surface area contributed by atoms with Gasteiger partial charge in [0.15, 0.2) is 6.10 Å². The van der Waals surface area contributed by atoms with Crippen molar-refractivity contribution in [2.45, 2.75) is 20.0 Å². The first kappa shape index (κ1) is 14.9. The van der Waals surface area contributed by atoms with E-state index in [9.17, 15) is 4.79 Å². The minimum Gasteiger partial charge on any atom is -0.482 e. The molecule has 0 saturated heterocycles. The van der Waals surface area contributed by atoms with E-state index >= 15 is 0 Å². The van der Waals surface area contributed by atoms with Crippen LogP contribution < -0.4 is 4.74 Å². The monoisotopic (exact) mass is 308 g/mol. The van der Waals surface area contributed by atoms with E-state index in [-0.39, 0.29) is 5.78 Å². The average Bonchev–Trinajstić information content (AvgIpc) is 2.43. The molecular weight excluding hydrogens is 295 g/mol. The van der Waals surface area contributed by atoms with Crippen molar-refractivity contribution in [2.24, 2.45) is 0 Å². The number of rotatable bonds is 4. The molecule has 4 heteroatoms. The summed E-state index contributed by atoms with van der Waals surface area (Å²) in [5.74, 6) is 0.522. The van der Waals surface area contributed by atoms with Crippen LogP contribution in [-0.2, 0) is 0 Å². The van der Waals surface area contributed by atoms with Gasteiger partial charge >= 0.3 is 0 Å². The van der Waals surface area contributed by atoms with Gasteiger partial charge in [-0.3, -0.25) is 4.79 Å². The first-order chi connectivity index (χ1) is 9.47. The van der Waals surface area contributed by atoms with E-state index in [1.807, 2.05) is 13.0 Å². The third-order valence-electron chi connectivity index (χ3n) is 2.95. The van der Waals surface area contributed by atoms with Gasteiger partial charge in [0.1, 0.15) is 5.75 Å². The molecule has 0 aliphatic rings. The van der Waals surface area contributed by atoms with Crippen molar-refractivity contribution in [1.82, 2.24) is 0 Å². The number of aryl methyl sites for hydroxylation is 1. The Kier molecular flexibility index (Phi) is 4.69. The van der Waals surface area contributed by atoms with E-state index in [1.54, 1.807) is 43.3 Å². The fourth-order valence-corrected chi connectivity index (χ4v) is 2.08. The molecule has 0 aliphatic carbocycles. The number of Topliss-reactive ketones (excluding diaryl/α,β-unsaturated/α-hetero) is 1. The van der Waals surface area contributed by atoms with Crippen LogP contribution in [0.1, 0.15) is 22.8 Å². The summed E-state index contributed by atoms with van der Waals surface area (Å²) in [6.07, 6.45) is -0.589. The van der Waals surface area contributed by atoms with Crippen LogP contribution in [0.5, 0.6) is 5.75 Å². The first-order valence-corrected chi connectivity index (χ1v) is 6.95. The van der Waals surface area contributed by atoms with E-state index in [0.717, 1.165) is 5.56 Å². The lowest BCUT2D eigenvalue weighted by Crippen LogP contribution is -2.24. The number of carbonyl (C=O) groups is 1. The Balaban J connectivity index is 2.15. The lowest BCUT2D eigenvalue weighted by atomic mass is 10.1. The van der Waals surface area contributed by atoms with Crippen LogP contribution in [0.3, 0.4) is 0 Å². The number of halogens is 2. The molecule has 0 saturated carbocycles. The molecule has 0 radical (unpaired) electrons. The number of benzene rings is 2. The van der Waals surface area contributed by atoms with Crippen molar-refractivity contribution in [1.29, 1.82) is 0 Å². The SMILES string of the molecule is Cc1ccc(Cl)cc1OC(C)C(=O)c1ccc(Cl)cc1. The summed E-state index contributed by atoms with van der Waals surface area (Å²) < 4.78 is 5.71. The Morgan fingerprint density at radius 2 is 1.65 bits per heavy atom. The summed E-state index contributed by atoms with van der Waals surface area (Å²) in [5.41, 5.74) is 1.51.